The second-order valence-electron chi connectivity index (χ2n) is 10.0. The van der Waals surface area contributed by atoms with Gasteiger partial charge in [0.1, 0.15) is 16.9 Å². The van der Waals surface area contributed by atoms with Crippen molar-refractivity contribution in [2.45, 2.75) is 30.9 Å². The van der Waals surface area contributed by atoms with Gasteiger partial charge in [-0.3, -0.25) is 20.2 Å². The number of anilines is 2. The predicted octanol–water partition coefficient (Wildman–Crippen LogP) is 5.13. The van der Waals surface area contributed by atoms with Gasteiger partial charge in [-0.15, -0.1) is 0 Å². The van der Waals surface area contributed by atoms with Gasteiger partial charge in [-0.2, -0.15) is 0 Å². The van der Waals surface area contributed by atoms with Gasteiger partial charge in [0.15, 0.2) is 11.4 Å². The summed E-state index contributed by atoms with van der Waals surface area (Å²) in [5.41, 5.74) is -0.692. The number of piperidine rings is 1. The standard InChI is InChI=1S/C29H25ClF2N4O6/c30-23-19(31)14-20-22(24(23)32)29(42-28(41)35-20)11-4-12-36(15-29)26(38)21(13-16-5-2-1-3-6-16)34-25(37)17-7-9-18(10-8-17)33-27(39)40/h1-3,5-10,14,21,33H,4,11-13,15H2,(H,34,37)(H,35,41)(H,39,40)/t21-,29-/m0/s1. The fraction of sp³-hybridized carbons (Fsp3) is 0.241. The van der Waals surface area contributed by atoms with Crippen molar-refractivity contribution in [1.29, 1.82) is 0 Å². The molecule has 2 aliphatic rings. The Bertz CT molecular complexity index is 1560. The molecule has 0 bridgehead atoms. The van der Waals surface area contributed by atoms with E-state index in [1.165, 1.54) is 29.2 Å². The van der Waals surface area contributed by atoms with Crippen LogP contribution in [0.4, 0.5) is 29.7 Å². The molecule has 5 rings (SSSR count). The lowest BCUT2D eigenvalue weighted by Crippen LogP contribution is -2.58. The third kappa shape index (κ3) is 5.84. The zero-order chi connectivity index (χ0) is 30.0. The topological polar surface area (TPSA) is 137 Å². The van der Waals surface area contributed by atoms with Crippen molar-refractivity contribution < 1.29 is 37.8 Å². The number of rotatable bonds is 6. The number of carbonyl (C=O) groups is 4. The molecule has 0 unspecified atom stereocenters. The number of halogens is 3. The molecule has 13 heteroatoms. The van der Waals surface area contributed by atoms with Crippen molar-refractivity contribution >= 4 is 47.0 Å². The Morgan fingerprint density at radius 2 is 1.83 bits per heavy atom. The number of amides is 4. The van der Waals surface area contributed by atoms with Crippen molar-refractivity contribution in [2.24, 2.45) is 0 Å². The van der Waals surface area contributed by atoms with E-state index in [1.807, 2.05) is 6.07 Å². The van der Waals surface area contributed by atoms with Gasteiger partial charge in [-0.1, -0.05) is 41.9 Å². The monoisotopic (exact) mass is 598 g/mol. The Labute approximate surface area is 243 Å². The van der Waals surface area contributed by atoms with Gasteiger partial charge in [-0.25, -0.2) is 18.4 Å². The van der Waals surface area contributed by atoms with Crippen LogP contribution >= 0.6 is 11.6 Å². The minimum atomic E-state index is -1.62. The highest BCUT2D eigenvalue weighted by atomic mass is 35.5. The van der Waals surface area contributed by atoms with Crippen molar-refractivity contribution in [3.63, 3.8) is 0 Å². The van der Waals surface area contributed by atoms with Crippen LogP contribution in [-0.4, -0.2) is 53.1 Å². The van der Waals surface area contributed by atoms with E-state index in [0.717, 1.165) is 11.6 Å². The molecule has 0 aliphatic carbocycles. The number of nitrogens with one attached hydrogen (secondary N) is 3. The predicted molar refractivity (Wildman–Crippen MR) is 148 cm³/mol. The van der Waals surface area contributed by atoms with E-state index >= 15 is 4.39 Å². The van der Waals surface area contributed by atoms with E-state index in [1.54, 1.807) is 24.3 Å². The number of hydrogen-bond donors (Lipinski definition) is 4. The van der Waals surface area contributed by atoms with Gasteiger partial charge in [0, 0.05) is 24.2 Å². The summed E-state index contributed by atoms with van der Waals surface area (Å²) in [5.74, 6) is -3.22. The number of hydrogen-bond acceptors (Lipinski definition) is 5. The van der Waals surface area contributed by atoms with Crippen LogP contribution in [-0.2, 0) is 21.6 Å². The molecule has 4 N–H and O–H groups in total. The second-order valence-corrected chi connectivity index (χ2v) is 10.4. The van der Waals surface area contributed by atoms with Crippen LogP contribution in [0.1, 0.15) is 34.3 Å². The van der Waals surface area contributed by atoms with Gasteiger partial charge in [0.2, 0.25) is 5.91 Å². The van der Waals surface area contributed by atoms with Gasteiger partial charge in [0.25, 0.3) is 5.91 Å². The first kappa shape index (κ1) is 28.8. The quantitative estimate of drug-likeness (QED) is 0.290. The Morgan fingerprint density at radius 1 is 1.12 bits per heavy atom. The lowest BCUT2D eigenvalue weighted by molar-refractivity contribution is -0.141. The largest absolute Gasteiger partial charge is 0.465 e. The molecule has 1 saturated heterocycles. The van der Waals surface area contributed by atoms with E-state index in [4.69, 9.17) is 21.4 Å². The third-order valence-corrected chi connectivity index (χ3v) is 7.54. The average molecular weight is 599 g/mol. The first-order chi connectivity index (χ1) is 20.1. The van der Waals surface area contributed by atoms with Crippen LogP contribution in [0, 0.1) is 11.6 Å². The summed E-state index contributed by atoms with van der Waals surface area (Å²) in [5, 5.41) is 15.4. The Hall–Kier alpha value is -4.71. The molecule has 1 fully saturated rings. The molecule has 0 saturated carbocycles. The highest BCUT2D eigenvalue weighted by Crippen LogP contribution is 2.46. The normalized spacial score (nSPS) is 18.4. The van der Waals surface area contributed by atoms with Crippen molar-refractivity contribution in [3.05, 3.63) is 94.0 Å². The van der Waals surface area contributed by atoms with Gasteiger partial charge < -0.3 is 20.1 Å². The summed E-state index contributed by atoms with van der Waals surface area (Å²) in [6.07, 6.45) is -1.58. The van der Waals surface area contributed by atoms with E-state index < -0.39 is 52.3 Å². The maximum atomic E-state index is 15.3. The number of benzene rings is 3. The Balaban J connectivity index is 1.43. The maximum Gasteiger partial charge on any atom is 0.412 e. The molecule has 42 heavy (non-hydrogen) atoms. The van der Waals surface area contributed by atoms with Crippen LogP contribution < -0.4 is 16.0 Å². The van der Waals surface area contributed by atoms with Crippen LogP contribution in [0.2, 0.25) is 5.02 Å². The fourth-order valence-electron chi connectivity index (χ4n) is 5.34. The first-order valence-corrected chi connectivity index (χ1v) is 13.4. The molecule has 2 heterocycles. The molecule has 218 valence electrons. The van der Waals surface area contributed by atoms with Crippen LogP contribution in [0.15, 0.2) is 60.7 Å². The van der Waals surface area contributed by atoms with Crippen LogP contribution in [0.25, 0.3) is 0 Å². The molecule has 0 radical (unpaired) electrons. The highest BCUT2D eigenvalue weighted by molar-refractivity contribution is 6.31. The first-order valence-electron chi connectivity index (χ1n) is 13.0. The van der Waals surface area contributed by atoms with Gasteiger partial charge in [-0.05, 0) is 48.7 Å². The molecule has 3 aromatic carbocycles. The SMILES string of the molecule is O=C(O)Nc1ccc(C(=O)N[C@@H](Cc2ccccc2)C(=O)N2CCC[C@@]3(C2)OC(=O)Nc2cc(F)c(Cl)c(F)c23)cc1. The zero-order valence-corrected chi connectivity index (χ0v) is 22.7. The third-order valence-electron chi connectivity index (χ3n) is 7.19. The number of fused-ring (bicyclic) bond motifs is 2. The summed E-state index contributed by atoms with van der Waals surface area (Å²) in [7, 11) is 0. The molecule has 2 atom stereocenters. The average Bonchev–Trinajstić information content (AvgIpc) is 2.95. The van der Waals surface area contributed by atoms with E-state index in [9.17, 15) is 23.6 Å². The summed E-state index contributed by atoms with van der Waals surface area (Å²) < 4.78 is 35.1. The van der Waals surface area contributed by atoms with E-state index in [2.05, 4.69) is 16.0 Å². The van der Waals surface area contributed by atoms with Crippen molar-refractivity contribution in [3.8, 4) is 0 Å². The maximum absolute atomic E-state index is 15.3. The molecule has 2 aliphatic heterocycles. The zero-order valence-electron chi connectivity index (χ0n) is 22.0. The second kappa shape index (κ2) is 11.6. The summed E-state index contributed by atoms with van der Waals surface area (Å²) in [6.45, 7) is -0.0179. The molecule has 10 nitrogen and oxygen atoms in total. The number of likely N-dealkylation sites (tertiary alicyclic amines) is 1. The summed E-state index contributed by atoms with van der Waals surface area (Å²) >= 11 is 5.86. The van der Waals surface area contributed by atoms with Crippen molar-refractivity contribution in [1.82, 2.24) is 10.2 Å². The van der Waals surface area contributed by atoms with Crippen molar-refractivity contribution in [2.75, 3.05) is 23.7 Å². The lowest BCUT2D eigenvalue weighted by Gasteiger charge is -2.45. The number of nitrogens with zero attached hydrogens (tertiary/aromatic N) is 1. The van der Waals surface area contributed by atoms with Gasteiger partial charge >= 0.3 is 12.2 Å². The molecule has 3 aromatic rings. The number of ether oxygens (including phenoxy) is 1. The highest BCUT2D eigenvalue weighted by Gasteiger charge is 2.49. The van der Waals surface area contributed by atoms with Crippen LogP contribution in [0.5, 0.6) is 0 Å². The van der Waals surface area contributed by atoms with E-state index in [0.29, 0.717) is 6.42 Å². The Kier molecular flexibility index (Phi) is 7.99. The minimum Gasteiger partial charge on any atom is -0.465 e. The minimum absolute atomic E-state index is 0.122. The fourth-order valence-corrected chi connectivity index (χ4v) is 5.49. The summed E-state index contributed by atoms with van der Waals surface area (Å²) in [4.78, 5) is 51.8. The molecule has 4 amide bonds. The Morgan fingerprint density at radius 3 is 2.52 bits per heavy atom. The molecular formula is C29H25ClF2N4O6. The molecule has 0 aromatic heterocycles. The van der Waals surface area contributed by atoms with E-state index in [-0.39, 0.29) is 48.4 Å². The molecular weight excluding hydrogens is 574 g/mol. The number of carboxylic acid groups (broad SMARTS) is 1. The smallest absolute Gasteiger partial charge is 0.412 e. The van der Waals surface area contributed by atoms with Crippen LogP contribution in [0.3, 0.4) is 0 Å². The number of carbonyl (C=O) groups excluding carboxylic acids is 3. The summed E-state index contributed by atoms with van der Waals surface area (Å²) in [6, 6.07) is 14.5. The lowest BCUT2D eigenvalue weighted by atomic mass is 9.82. The molecule has 1 spiro atoms. The van der Waals surface area contributed by atoms with Gasteiger partial charge in [0.05, 0.1) is 17.8 Å².